The average molecular weight is 181 g/mol. The Bertz CT molecular complexity index is 202. The fourth-order valence-electron chi connectivity index (χ4n) is 3.19. The van der Waals surface area contributed by atoms with Gasteiger partial charge in [0.2, 0.25) is 0 Å². The molecular weight excluding hydrogens is 162 g/mol. The summed E-state index contributed by atoms with van der Waals surface area (Å²) in [5.41, 5.74) is 0. The molecule has 2 bridgehead atoms. The molecule has 2 aliphatic carbocycles. The van der Waals surface area contributed by atoms with E-state index in [1.54, 1.807) is 0 Å². The average Bonchev–Trinajstić information content (AvgIpc) is 2.65. The van der Waals surface area contributed by atoms with E-state index in [1.165, 1.54) is 25.7 Å². The highest BCUT2D eigenvalue weighted by molar-refractivity contribution is 5.80. The van der Waals surface area contributed by atoms with Gasteiger partial charge in [-0.3, -0.25) is 4.79 Å². The van der Waals surface area contributed by atoms with Crippen molar-refractivity contribution in [3.8, 4) is 0 Å². The first-order valence-electron chi connectivity index (χ1n) is 5.46. The summed E-state index contributed by atoms with van der Waals surface area (Å²) in [6.07, 6.45) is 6.41. The summed E-state index contributed by atoms with van der Waals surface area (Å²) in [6, 6.07) is 0. The van der Waals surface area contributed by atoms with E-state index in [1.807, 2.05) is 7.05 Å². The smallest absolute Gasteiger partial charge is 0.146 e. The summed E-state index contributed by atoms with van der Waals surface area (Å²) >= 11 is 0. The lowest BCUT2D eigenvalue weighted by molar-refractivity contribution is -0.119. The summed E-state index contributed by atoms with van der Waals surface area (Å²) < 4.78 is 0. The third-order valence-corrected chi connectivity index (χ3v) is 3.75. The summed E-state index contributed by atoms with van der Waals surface area (Å²) in [4.78, 5) is 11.4. The van der Waals surface area contributed by atoms with Gasteiger partial charge >= 0.3 is 0 Å². The van der Waals surface area contributed by atoms with Crippen molar-refractivity contribution in [2.24, 2.45) is 17.8 Å². The fraction of sp³-hybridized carbons (Fsp3) is 0.909. The van der Waals surface area contributed by atoms with E-state index in [4.69, 9.17) is 0 Å². The van der Waals surface area contributed by atoms with E-state index in [0.717, 1.165) is 24.2 Å². The second kappa shape index (κ2) is 3.79. The van der Waals surface area contributed by atoms with Crippen LogP contribution in [0.15, 0.2) is 0 Å². The highest BCUT2D eigenvalue weighted by atomic mass is 16.1. The molecule has 0 radical (unpaired) electrons. The van der Waals surface area contributed by atoms with Gasteiger partial charge in [-0.15, -0.1) is 0 Å². The Morgan fingerprint density at radius 1 is 1.38 bits per heavy atom. The number of carbonyl (C=O) groups is 1. The number of carbonyl (C=O) groups excluding carboxylic acids is 1. The predicted molar refractivity (Wildman–Crippen MR) is 52.5 cm³/mol. The molecular formula is C11H19NO. The van der Waals surface area contributed by atoms with E-state index in [0.29, 0.717) is 12.3 Å². The highest BCUT2D eigenvalue weighted by Crippen LogP contribution is 2.49. The van der Waals surface area contributed by atoms with Gasteiger partial charge in [0.25, 0.3) is 0 Å². The maximum atomic E-state index is 11.4. The molecule has 2 nitrogen and oxygen atoms in total. The minimum atomic E-state index is 0.403. The van der Waals surface area contributed by atoms with Crippen LogP contribution in [-0.2, 0) is 4.79 Å². The third-order valence-electron chi connectivity index (χ3n) is 3.75. The van der Waals surface area contributed by atoms with Gasteiger partial charge in [-0.25, -0.2) is 0 Å². The number of hydrogen-bond donors (Lipinski definition) is 1. The molecule has 2 fully saturated rings. The van der Waals surface area contributed by atoms with Gasteiger partial charge in [0, 0.05) is 6.42 Å². The minimum Gasteiger partial charge on any atom is -0.313 e. The zero-order valence-electron chi connectivity index (χ0n) is 8.38. The number of Topliss-reactive ketones (excluding diaryl/α,β-unsaturated/α-hetero) is 1. The molecule has 0 spiro atoms. The van der Waals surface area contributed by atoms with E-state index in [9.17, 15) is 4.79 Å². The van der Waals surface area contributed by atoms with Crippen molar-refractivity contribution >= 4 is 5.78 Å². The summed E-state index contributed by atoms with van der Waals surface area (Å²) in [6.45, 7) is 0.563. The first kappa shape index (κ1) is 9.20. The maximum absolute atomic E-state index is 11.4. The van der Waals surface area contributed by atoms with Crippen molar-refractivity contribution in [1.82, 2.24) is 5.32 Å². The Hall–Kier alpha value is -0.370. The molecule has 2 saturated carbocycles. The zero-order valence-corrected chi connectivity index (χ0v) is 8.38. The number of rotatable bonds is 4. The van der Waals surface area contributed by atoms with Gasteiger partial charge in [-0.05, 0) is 44.1 Å². The van der Waals surface area contributed by atoms with Crippen molar-refractivity contribution in [3.63, 3.8) is 0 Å². The van der Waals surface area contributed by atoms with Crippen LogP contribution in [0.2, 0.25) is 0 Å². The van der Waals surface area contributed by atoms with Crippen LogP contribution in [0.3, 0.4) is 0 Å². The SMILES string of the molecule is CNCC(=O)CC1CC2CCC1C2. The number of hydrogen-bond acceptors (Lipinski definition) is 2. The Kier molecular flexibility index (Phi) is 2.68. The summed E-state index contributed by atoms with van der Waals surface area (Å²) in [5, 5.41) is 2.94. The fourth-order valence-corrected chi connectivity index (χ4v) is 3.19. The second-order valence-corrected chi connectivity index (χ2v) is 4.71. The molecule has 0 aromatic heterocycles. The van der Waals surface area contributed by atoms with Gasteiger partial charge in [0.15, 0.2) is 0 Å². The zero-order chi connectivity index (χ0) is 9.26. The molecule has 13 heavy (non-hydrogen) atoms. The monoisotopic (exact) mass is 181 g/mol. The van der Waals surface area contributed by atoms with Crippen molar-refractivity contribution in [1.29, 1.82) is 0 Å². The Morgan fingerprint density at radius 2 is 2.23 bits per heavy atom. The molecule has 0 amide bonds. The molecule has 0 heterocycles. The van der Waals surface area contributed by atoms with Crippen LogP contribution in [-0.4, -0.2) is 19.4 Å². The minimum absolute atomic E-state index is 0.403. The van der Waals surface area contributed by atoms with Crippen molar-refractivity contribution in [2.45, 2.75) is 32.1 Å². The summed E-state index contributed by atoms with van der Waals surface area (Å²) in [5.74, 6) is 3.00. The molecule has 2 aliphatic rings. The lowest BCUT2D eigenvalue weighted by Gasteiger charge is -2.20. The molecule has 1 N–H and O–H groups in total. The van der Waals surface area contributed by atoms with Crippen LogP contribution in [0.5, 0.6) is 0 Å². The van der Waals surface area contributed by atoms with E-state index in [-0.39, 0.29) is 0 Å². The van der Waals surface area contributed by atoms with E-state index >= 15 is 0 Å². The Balaban J connectivity index is 1.79. The van der Waals surface area contributed by atoms with Crippen LogP contribution in [0.1, 0.15) is 32.1 Å². The Morgan fingerprint density at radius 3 is 2.77 bits per heavy atom. The summed E-state index contributed by atoms with van der Waals surface area (Å²) in [7, 11) is 1.85. The first-order chi connectivity index (χ1) is 6.29. The molecule has 0 saturated heterocycles. The largest absolute Gasteiger partial charge is 0.313 e. The molecule has 3 atom stereocenters. The van der Waals surface area contributed by atoms with Crippen molar-refractivity contribution < 1.29 is 4.79 Å². The molecule has 74 valence electrons. The van der Waals surface area contributed by atoms with Crippen molar-refractivity contribution in [3.05, 3.63) is 0 Å². The predicted octanol–water partition coefficient (Wildman–Crippen LogP) is 1.60. The van der Waals surface area contributed by atoms with Crippen LogP contribution >= 0.6 is 0 Å². The van der Waals surface area contributed by atoms with Crippen LogP contribution in [0.4, 0.5) is 0 Å². The van der Waals surface area contributed by atoms with Gasteiger partial charge in [0.1, 0.15) is 5.78 Å². The lowest BCUT2D eigenvalue weighted by Crippen LogP contribution is -2.23. The maximum Gasteiger partial charge on any atom is 0.146 e. The van der Waals surface area contributed by atoms with Gasteiger partial charge < -0.3 is 5.32 Å². The standard InChI is InChI=1S/C11H19NO/c1-12-7-11(13)6-10-5-8-2-3-9(10)4-8/h8-10,12H,2-7H2,1H3. The van der Waals surface area contributed by atoms with Crippen LogP contribution in [0.25, 0.3) is 0 Å². The molecule has 2 rings (SSSR count). The molecule has 3 unspecified atom stereocenters. The highest BCUT2D eigenvalue weighted by Gasteiger charge is 2.39. The number of nitrogens with one attached hydrogen (secondary N) is 1. The second-order valence-electron chi connectivity index (χ2n) is 4.71. The normalized spacial score (nSPS) is 36.8. The van der Waals surface area contributed by atoms with Gasteiger partial charge in [-0.2, -0.15) is 0 Å². The number of likely N-dealkylation sites (N-methyl/N-ethyl adjacent to an activating group) is 1. The van der Waals surface area contributed by atoms with E-state index < -0.39 is 0 Å². The molecule has 2 heteroatoms. The topological polar surface area (TPSA) is 29.1 Å². The van der Waals surface area contributed by atoms with Gasteiger partial charge in [-0.1, -0.05) is 6.42 Å². The lowest BCUT2D eigenvalue weighted by atomic mass is 9.85. The number of fused-ring (bicyclic) bond motifs is 2. The number of ketones is 1. The van der Waals surface area contributed by atoms with Crippen molar-refractivity contribution in [2.75, 3.05) is 13.6 Å². The van der Waals surface area contributed by atoms with Gasteiger partial charge in [0.05, 0.1) is 6.54 Å². The third kappa shape index (κ3) is 1.93. The molecule has 0 aromatic carbocycles. The molecule has 0 aliphatic heterocycles. The quantitative estimate of drug-likeness (QED) is 0.713. The molecule has 0 aromatic rings. The van der Waals surface area contributed by atoms with E-state index in [2.05, 4.69) is 5.32 Å². The Labute approximate surface area is 80.1 Å². The van der Waals surface area contributed by atoms with Crippen LogP contribution in [0, 0.1) is 17.8 Å². The first-order valence-corrected chi connectivity index (χ1v) is 5.46. The van der Waals surface area contributed by atoms with Crippen LogP contribution < -0.4 is 5.32 Å².